The molecule has 1 fully saturated rings. The number of nitrogens with one attached hydrogen (secondary N) is 1. The summed E-state index contributed by atoms with van der Waals surface area (Å²) in [6.45, 7) is 4.65. The fourth-order valence-corrected chi connectivity index (χ4v) is 4.24. The van der Waals surface area contributed by atoms with E-state index in [1.165, 1.54) is 0 Å². The average Bonchev–Trinajstić information content (AvgIpc) is 3.47. The molecule has 9 heteroatoms. The lowest BCUT2D eigenvalue weighted by Crippen LogP contribution is -2.16. The molecule has 0 radical (unpaired) electrons. The van der Waals surface area contributed by atoms with E-state index in [1.807, 2.05) is 66.9 Å². The van der Waals surface area contributed by atoms with E-state index in [-0.39, 0.29) is 17.7 Å². The van der Waals surface area contributed by atoms with Crippen LogP contribution in [0.4, 0.5) is 5.69 Å². The molecular weight excluding hydrogens is 442 g/mol. The Hall–Kier alpha value is -4.27. The van der Waals surface area contributed by atoms with Crippen LogP contribution in [-0.4, -0.2) is 41.7 Å². The standard InChI is InChI=1S/C26H25N7O2/c1-3-35-20-9-6-17(7-10-20)19-8-11-23-29-30-24(32(23)15-19)16(2)21-14-22(28-26(34)18-4-5-18)25-27-12-13-33(25)31-21/h6-16,18H,3-5H2,1-2H3,(H,28,34). The molecule has 1 unspecified atom stereocenters. The van der Waals surface area contributed by atoms with Crippen LogP contribution in [0.1, 0.15) is 44.1 Å². The second-order valence-electron chi connectivity index (χ2n) is 8.83. The molecule has 1 atom stereocenters. The van der Waals surface area contributed by atoms with Gasteiger partial charge in [-0.05, 0) is 68.1 Å². The van der Waals surface area contributed by atoms with Crippen LogP contribution in [0.2, 0.25) is 0 Å². The molecular formula is C26H25N7O2. The smallest absolute Gasteiger partial charge is 0.227 e. The lowest BCUT2D eigenvalue weighted by Gasteiger charge is -2.13. The second kappa shape index (κ2) is 8.50. The summed E-state index contributed by atoms with van der Waals surface area (Å²) < 4.78 is 9.26. The fraction of sp³-hybridized carbons (Fsp3) is 0.269. The summed E-state index contributed by atoms with van der Waals surface area (Å²) in [6, 6.07) is 13.9. The van der Waals surface area contributed by atoms with Crippen LogP contribution in [0.15, 0.2) is 61.1 Å². The fourth-order valence-electron chi connectivity index (χ4n) is 4.24. The van der Waals surface area contributed by atoms with Crippen LogP contribution in [0.5, 0.6) is 5.75 Å². The summed E-state index contributed by atoms with van der Waals surface area (Å²) in [5, 5.41) is 16.6. The third-order valence-electron chi connectivity index (χ3n) is 6.34. The van der Waals surface area contributed by atoms with E-state index in [0.29, 0.717) is 17.9 Å². The van der Waals surface area contributed by atoms with Crippen molar-refractivity contribution in [3.8, 4) is 16.9 Å². The van der Waals surface area contributed by atoms with Gasteiger partial charge in [0.05, 0.1) is 23.9 Å². The number of hydrogen-bond donors (Lipinski definition) is 1. The van der Waals surface area contributed by atoms with Crippen molar-refractivity contribution in [2.24, 2.45) is 5.92 Å². The number of rotatable bonds is 7. The molecule has 5 aromatic rings. The Labute approximate surface area is 201 Å². The van der Waals surface area contributed by atoms with Gasteiger partial charge in [-0.3, -0.25) is 9.20 Å². The monoisotopic (exact) mass is 467 g/mol. The molecule has 0 bridgehead atoms. The van der Waals surface area contributed by atoms with Crippen molar-refractivity contribution < 1.29 is 9.53 Å². The zero-order valence-electron chi connectivity index (χ0n) is 19.5. The zero-order chi connectivity index (χ0) is 23.9. The van der Waals surface area contributed by atoms with Gasteiger partial charge in [0.15, 0.2) is 11.3 Å². The van der Waals surface area contributed by atoms with Crippen molar-refractivity contribution in [3.05, 3.63) is 72.6 Å². The number of pyridine rings is 1. The predicted molar refractivity (Wildman–Crippen MR) is 131 cm³/mol. The highest BCUT2D eigenvalue weighted by Crippen LogP contribution is 2.32. The van der Waals surface area contributed by atoms with E-state index in [4.69, 9.17) is 9.84 Å². The molecule has 1 N–H and O–H groups in total. The Morgan fingerprint density at radius 1 is 1.14 bits per heavy atom. The summed E-state index contributed by atoms with van der Waals surface area (Å²) in [6.07, 6.45) is 7.38. The minimum Gasteiger partial charge on any atom is -0.494 e. The number of nitrogens with zero attached hydrogens (tertiary/aromatic N) is 6. The third kappa shape index (κ3) is 3.99. The van der Waals surface area contributed by atoms with Crippen LogP contribution in [0.3, 0.4) is 0 Å². The van der Waals surface area contributed by atoms with Gasteiger partial charge in [0, 0.05) is 24.5 Å². The molecule has 4 heterocycles. The molecule has 0 spiro atoms. The van der Waals surface area contributed by atoms with Crippen molar-refractivity contribution in [2.75, 3.05) is 11.9 Å². The largest absolute Gasteiger partial charge is 0.494 e. The van der Waals surface area contributed by atoms with Crippen LogP contribution in [0.25, 0.3) is 22.4 Å². The first-order valence-electron chi connectivity index (χ1n) is 11.8. The predicted octanol–water partition coefficient (Wildman–Crippen LogP) is 4.34. The van der Waals surface area contributed by atoms with Gasteiger partial charge in [0.2, 0.25) is 5.91 Å². The molecule has 1 aliphatic rings. The number of anilines is 1. The molecule has 4 aromatic heterocycles. The van der Waals surface area contributed by atoms with E-state index >= 15 is 0 Å². The first-order valence-corrected chi connectivity index (χ1v) is 11.8. The maximum Gasteiger partial charge on any atom is 0.227 e. The quantitative estimate of drug-likeness (QED) is 0.382. The number of fused-ring (bicyclic) bond motifs is 2. The van der Waals surface area contributed by atoms with Gasteiger partial charge < -0.3 is 10.1 Å². The number of hydrogen-bond acceptors (Lipinski definition) is 6. The molecule has 1 aromatic carbocycles. The normalized spacial score (nSPS) is 14.3. The van der Waals surface area contributed by atoms with E-state index in [2.05, 4.69) is 20.5 Å². The summed E-state index contributed by atoms with van der Waals surface area (Å²) in [7, 11) is 0. The number of benzene rings is 1. The Kier molecular flexibility index (Phi) is 5.17. The minimum absolute atomic E-state index is 0.0348. The van der Waals surface area contributed by atoms with E-state index in [1.54, 1.807) is 16.9 Å². The maximum atomic E-state index is 12.5. The molecule has 0 aliphatic heterocycles. The molecule has 1 saturated carbocycles. The van der Waals surface area contributed by atoms with Crippen LogP contribution >= 0.6 is 0 Å². The van der Waals surface area contributed by atoms with Crippen molar-refractivity contribution in [1.29, 1.82) is 0 Å². The lowest BCUT2D eigenvalue weighted by molar-refractivity contribution is -0.117. The number of imidazole rings is 1. The van der Waals surface area contributed by atoms with Crippen molar-refractivity contribution in [1.82, 2.24) is 29.2 Å². The maximum absolute atomic E-state index is 12.5. The SMILES string of the molecule is CCOc1ccc(-c2ccc3nnc(C(C)c4cc(NC(=O)C5CC5)c5nccn5n4)n3c2)cc1. The van der Waals surface area contributed by atoms with Crippen molar-refractivity contribution in [2.45, 2.75) is 32.6 Å². The van der Waals surface area contributed by atoms with Crippen molar-refractivity contribution in [3.63, 3.8) is 0 Å². The molecule has 176 valence electrons. The number of amides is 1. The number of carbonyl (C=O) groups excluding carboxylic acids is 1. The number of ether oxygens (including phenoxy) is 1. The molecule has 6 rings (SSSR count). The lowest BCUT2D eigenvalue weighted by atomic mass is 10.1. The van der Waals surface area contributed by atoms with E-state index in [0.717, 1.165) is 46.9 Å². The van der Waals surface area contributed by atoms with Crippen molar-refractivity contribution >= 4 is 22.9 Å². The van der Waals surface area contributed by atoms with Gasteiger partial charge >= 0.3 is 0 Å². The van der Waals surface area contributed by atoms with Gasteiger partial charge in [0.25, 0.3) is 0 Å². The molecule has 9 nitrogen and oxygen atoms in total. The van der Waals surface area contributed by atoms with Gasteiger partial charge in [-0.25, -0.2) is 9.50 Å². The molecule has 35 heavy (non-hydrogen) atoms. The van der Waals surface area contributed by atoms with Crippen LogP contribution in [0, 0.1) is 5.92 Å². The van der Waals surface area contributed by atoms with Gasteiger partial charge in [-0.1, -0.05) is 12.1 Å². The highest BCUT2D eigenvalue weighted by molar-refractivity contribution is 5.97. The Morgan fingerprint density at radius 3 is 2.71 bits per heavy atom. The summed E-state index contributed by atoms with van der Waals surface area (Å²) in [5.41, 5.74) is 4.93. The Morgan fingerprint density at radius 2 is 1.94 bits per heavy atom. The summed E-state index contributed by atoms with van der Waals surface area (Å²) in [4.78, 5) is 16.8. The van der Waals surface area contributed by atoms with Crippen LogP contribution < -0.4 is 10.1 Å². The summed E-state index contributed by atoms with van der Waals surface area (Å²) >= 11 is 0. The van der Waals surface area contributed by atoms with Gasteiger partial charge in [-0.2, -0.15) is 5.10 Å². The van der Waals surface area contributed by atoms with E-state index in [9.17, 15) is 4.79 Å². The minimum atomic E-state index is -0.177. The number of carbonyl (C=O) groups is 1. The Balaban J connectivity index is 1.36. The molecule has 0 saturated heterocycles. The van der Waals surface area contributed by atoms with Gasteiger partial charge in [0.1, 0.15) is 11.6 Å². The summed E-state index contributed by atoms with van der Waals surface area (Å²) in [5.74, 6) is 1.57. The second-order valence-corrected chi connectivity index (χ2v) is 8.83. The number of aromatic nitrogens is 6. The van der Waals surface area contributed by atoms with Crippen LogP contribution in [-0.2, 0) is 4.79 Å². The molecule has 1 amide bonds. The highest BCUT2D eigenvalue weighted by atomic mass is 16.5. The molecule has 1 aliphatic carbocycles. The van der Waals surface area contributed by atoms with E-state index < -0.39 is 0 Å². The highest BCUT2D eigenvalue weighted by Gasteiger charge is 2.30. The zero-order valence-corrected chi connectivity index (χ0v) is 19.5. The Bertz CT molecular complexity index is 1530. The third-order valence-corrected chi connectivity index (χ3v) is 6.34. The first-order chi connectivity index (χ1) is 17.1. The first kappa shape index (κ1) is 21.3. The average molecular weight is 468 g/mol. The topological polar surface area (TPSA) is 98.7 Å². The van der Waals surface area contributed by atoms with Gasteiger partial charge in [-0.15, -0.1) is 10.2 Å².